The molecule has 0 aliphatic heterocycles. The van der Waals surface area contributed by atoms with Gasteiger partial charge in [0.1, 0.15) is 0 Å². The number of hydrogen-bond donors (Lipinski definition) is 1. The van der Waals surface area contributed by atoms with Crippen molar-refractivity contribution in [2.24, 2.45) is 5.73 Å². The van der Waals surface area contributed by atoms with Gasteiger partial charge in [-0.25, -0.2) is 0 Å². The van der Waals surface area contributed by atoms with E-state index in [2.05, 4.69) is 37.1 Å². The molecule has 0 bridgehead atoms. The molecule has 0 saturated carbocycles. The Kier molecular flexibility index (Phi) is 3.49. The zero-order valence-corrected chi connectivity index (χ0v) is 10.4. The molecule has 2 nitrogen and oxygen atoms in total. The van der Waals surface area contributed by atoms with Crippen molar-refractivity contribution in [1.29, 1.82) is 0 Å². The molecule has 88 valence electrons. The lowest BCUT2D eigenvalue weighted by Gasteiger charge is -2.24. The summed E-state index contributed by atoms with van der Waals surface area (Å²) in [6.45, 7) is 2.97. The van der Waals surface area contributed by atoms with Crippen molar-refractivity contribution in [2.75, 3.05) is 18.5 Å². The summed E-state index contributed by atoms with van der Waals surface area (Å²) in [5.74, 6) is 0. The SMILES string of the molecule is CC(N)CN(C)c1ccc2c(c1)CCCC2. The zero-order chi connectivity index (χ0) is 11.5. The molecule has 1 aliphatic rings. The second-order valence-electron chi connectivity index (χ2n) is 5.02. The van der Waals surface area contributed by atoms with Crippen molar-refractivity contribution in [2.45, 2.75) is 38.6 Å². The summed E-state index contributed by atoms with van der Waals surface area (Å²) in [5, 5.41) is 0. The second-order valence-corrected chi connectivity index (χ2v) is 5.02. The fraction of sp³-hybridized carbons (Fsp3) is 0.571. The average molecular weight is 218 g/mol. The molecule has 0 saturated heterocycles. The summed E-state index contributed by atoms with van der Waals surface area (Å²) < 4.78 is 0. The topological polar surface area (TPSA) is 29.3 Å². The van der Waals surface area contributed by atoms with Gasteiger partial charge >= 0.3 is 0 Å². The van der Waals surface area contributed by atoms with Crippen molar-refractivity contribution < 1.29 is 0 Å². The molecule has 2 N–H and O–H groups in total. The third-order valence-corrected chi connectivity index (χ3v) is 3.33. The minimum atomic E-state index is 0.223. The number of rotatable bonds is 3. The monoisotopic (exact) mass is 218 g/mol. The van der Waals surface area contributed by atoms with Gasteiger partial charge in [0.05, 0.1) is 0 Å². The van der Waals surface area contributed by atoms with Gasteiger partial charge < -0.3 is 10.6 Å². The molecular formula is C14H22N2. The number of hydrogen-bond acceptors (Lipinski definition) is 2. The summed E-state index contributed by atoms with van der Waals surface area (Å²) in [5.41, 5.74) is 10.2. The van der Waals surface area contributed by atoms with Crippen molar-refractivity contribution in [3.63, 3.8) is 0 Å². The van der Waals surface area contributed by atoms with E-state index < -0.39 is 0 Å². The number of likely N-dealkylation sites (N-methyl/N-ethyl adjacent to an activating group) is 1. The van der Waals surface area contributed by atoms with Gasteiger partial charge in [0.15, 0.2) is 0 Å². The third kappa shape index (κ3) is 2.56. The predicted molar refractivity (Wildman–Crippen MR) is 70.0 cm³/mol. The number of aryl methyl sites for hydroxylation is 2. The van der Waals surface area contributed by atoms with Gasteiger partial charge in [-0.2, -0.15) is 0 Å². The predicted octanol–water partition coefficient (Wildman–Crippen LogP) is 2.35. The maximum atomic E-state index is 5.83. The van der Waals surface area contributed by atoms with E-state index in [9.17, 15) is 0 Å². The Bertz CT molecular complexity index is 358. The van der Waals surface area contributed by atoms with E-state index in [4.69, 9.17) is 5.73 Å². The van der Waals surface area contributed by atoms with Crippen molar-refractivity contribution in [3.05, 3.63) is 29.3 Å². The number of nitrogens with two attached hydrogens (primary N) is 1. The Morgan fingerprint density at radius 2 is 1.94 bits per heavy atom. The van der Waals surface area contributed by atoms with Crippen LogP contribution in [0.15, 0.2) is 18.2 Å². The molecule has 0 fully saturated rings. The van der Waals surface area contributed by atoms with Crippen LogP contribution in [0.1, 0.15) is 30.9 Å². The number of benzene rings is 1. The van der Waals surface area contributed by atoms with E-state index in [0.29, 0.717) is 0 Å². The van der Waals surface area contributed by atoms with E-state index in [1.807, 2.05) is 0 Å². The summed E-state index contributed by atoms with van der Waals surface area (Å²) in [6.07, 6.45) is 5.19. The van der Waals surface area contributed by atoms with E-state index in [-0.39, 0.29) is 6.04 Å². The highest BCUT2D eigenvalue weighted by Gasteiger charge is 2.11. The molecule has 0 spiro atoms. The maximum Gasteiger partial charge on any atom is 0.0367 e. The van der Waals surface area contributed by atoms with E-state index >= 15 is 0 Å². The smallest absolute Gasteiger partial charge is 0.0367 e. The number of fused-ring (bicyclic) bond motifs is 1. The highest BCUT2D eigenvalue weighted by Crippen LogP contribution is 2.25. The summed E-state index contributed by atoms with van der Waals surface area (Å²) in [4.78, 5) is 2.25. The lowest BCUT2D eigenvalue weighted by molar-refractivity contribution is 0.683. The summed E-state index contributed by atoms with van der Waals surface area (Å²) >= 11 is 0. The molecule has 2 rings (SSSR count). The minimum Gasteiger partial charge on any atom is -0.373 e. The third-order valence-electron chi connectivity index (χ3n) is 3.33. The van der Waals surface area contributed by atoms with Gasteiger partial charge in [-0.05, 0) is 55.9 Å². The first-order valence-corrected chi connectivity index (χ1v) is 6.25. The molecule has 0 aromatic heterocycles. The first-order chi connectivity index (χ1) is 7.66. The van der Waals surface area contributed by atoms with Gasteiger partial charge in [-0.1, -0.05) is 6.07 Å². The van der Waals surface area contributed by atoms with Crippen LogP contribution in [0.5, 0.6) is 0 Å². The van der Waals surface area contributed by atoms with Crippen LogP contribution in [0.25, 0.3) is 0 Å². The Morgan fingerprint density at radius 1 is 1.25 bits per heavy atom. The maximum absolute atomic E-state index is 5.83. The molecular weight excluding hydrogens is 196 g/mol. The Hall–Kier alpha value is -1.02. The average Bonchev–Trinajstić information content (AvgIpc) is 2.27. The van der Waals surface area contributed by atoms with Crippen LogP contribution in [0, 0.1) is 0 Å². The number of anilines is 1. The molecule has 0 heterocycles. The zero-order valence-electron chi connectivity index (χ0n) is 10.4. The fourth-order valence-electron chi connectivity index (χ4n) is 2.49. The largest absolute Gasteiger partial charge is 0.373 e. The van der Waals surface area contributed by atoms with Crippen LogP contribution in [-0.4, -0.2) is 19.6 Å². The first kappa shape index (κ1) is 11.5. The fourth-order valence-corrected chi connectivity index (χ4v) is 2.49. The van der Waals surface area contributed by atoms with Crippen LogP contribution in [0.4, 0.5) is 5.69 Å². The van der Waals surface area contributed by atoms with Gasteiger partial charge in [-0.3, -0.25) is 0 Å². The standard InChI is InChI=1S/C14H22N2/c1-11(15)10-16(2)14-8-7-12-5-3-4-6-13(12)9-14/h7-9,11H,3-6,10,15H2,1-2H3. The molecule has 0 radical (unpaired) electrons. The lowest BCUT2D eigenvalue weighted by atomic mass is 9.91. The van der Waals surface area contributed by atoms with Gasteiger partial charge in [0.2, 0.25) is 0 Å². The Labute approximate surface area is 98.4 Å². The molecule has 1 aromatic carbocycles. The molecule has 2 heteroatoms. The molecule has 1 aromatic rings. The van der Waals surface area contributed by atoms with Crippen molar-refractivity contribution in [1.82, 2.24) is 0 Å². The molecule has 1 atom stereocenters. The van der Waals surface area contributed by atoms with Gasteiger partial charge in [0.25, 0.3) is 0 Å². The summed E-state index contributed by atoms with van der Waals surface area (Å²) in [7, 11) is 2.12. The quantitative estimate of drug-likeness (QED) is 0.844. The number of nitrogens with zero attached hydrogens (tertiary/aromatic N) is 1. The van der Waals surface area contributed by atoms with Crippen LogP contribution < -0.4 is 10.6 Å². The van der Waals surface area contributed by atoms with Crippen LogP contribution >= 0.6 is 0 Å². The highest BCUT2D eigenvalue weighted by molar-refractivity contribution is 5.51. The van der Waals surface area contributed by atoms with E-state index in [1.165, 1.54) is 31.4 Å². The van der Waals surface area contributed by atoms with Crippen LogP contribution in [0.2, 0.25) is 0 Å². The van der Waals surface area contributed by atoms with E-state index in [0.717, 1.165) is 6.54 Å². The minimum absolute atomic E-state index is 0.223. The summed E-state index contributed by atoms with van der Waals surface area (Å²) in [6, 6.07) is 7.09. The lowest BCUT2D eigenvalue weighted by Crippen LogP contribution is -2.32. The second kappa shape index (κ2) is 4.88. The molecule has 1 unspecified atom stereocenters. The van der Waals surface area contributed by atoms with Gasteiger partial charge in [-0.15, -0.1) is 0 Å². The Morgan fingerprint density at radius 3 is 2.62 bits per heavy atom. The van der Waals surface area contributed by atoms with Crippen LogP contribution in [0.3, 0.4) is 0 Å². The highest BCUT2D eigenvalue weighted by atomic mass is 15.1. The van der Waals surface area contributed by atoms with Crippen molar-refractivity contribution >= 4 is 5.69 Å². The van der Waals surface area contributed by atoms with Gasteiger partial charge in [0, 0.05) is 25.3 Å². The first-order valence-electron chi connectivity index (χ1n) is 6.25. The van der Waals surface area contributed by atoms with Crippen molar-refractivity contribution in [3.8, 4) is 0 Å². The van der Waals surface area contributed by atoms with E-state index in [1.54, 1.807) is 11.1 Å². The van der Waals surface area contributed by atoms with Crippen LogP contribution in [-0.2, 0) is 12.8 Å². The molecule has 1 aliphatic carbocycles. The Balaban J connectivity index is 2.16. The molecule has 16 heavy (non-hydrogen) atoms. The molecule has 0 amide bonds. The normalized spacial score (nSPS) is 16.7.